The van der Waals surface area contributed by atoms with E-state index in [4.69, 9.17) is 16.0 Å². The molecular formula is C27H25ClN4O3. The minimum absolute atomic E-state index is 0.0889. The van der Waals surface area contributed by atoms with Crippen molar-refractivity contribution in [2.45, 2.75) is 12.8 Å². The molecule has 0 N–H and O–H groups in total. The highest BCUT2D eigenvalue weighted by Crippen LogP contribution is 2.24. The minimum Gasteiger partial charge on any atom is -0.461 e. The lowest BCUT2D eigenvalue weighted by Crippen LogP contribution is -2.49. The molecule has 0 atom stereocenters. The van der Waals surface area contributed by atoms with Gasteiger partial charge < -0.3 is 14.2 Å². The summed E-state index contributed by atoms with van der Waals surface area (Å²) in [5, 5.41) is 4.45. The fourth-order valence-electron chi connectivity index (χ4n) is 4.25. The first-order valence-corrected chi connectivity index (χ1v) is 12.0. The van der Waals surface area contributed by atoms with Crippen LogP contribution in [0.5, 0.6) is 0 Å². The molecule has 1 aliphatic rings. The van der Waals surface area contributed by atoms with Crippen LogP contribution in [0.1, 0.15) is 12.2 Å². The molecule has 178 valence electrons. The van der Waals surface area contributed by atoms with Gasteiger partial charge >= 0.3 is 0 Å². The lowest BCUT2D eigenvalue weighted by Gasteiger charge is -2.36. The van der Waals surface area contributed by atoms with E-state index in [0.717, 1.165) is 17.1 Å². The number of hydrogen-bond acceptors (Lipinski definition) is 5. The van der Waals surface area contributed by atoms with Crippen LogP contribution in [0.3, 0.4) is 0 Å². The van der Waals surface area contributed by atoms with E-state index in [1.54, 1.807) is 18.3 Å². The second-order valence-electron chi connectivity index (χ2n) is 8.40. The van der Waals surface area contributed by atoms with Crippen molar-refractivity contribution in [2.75, 3.05) is 31.1 Å². The standard InChI is InChI=1S/C27H25ClN4O3/c28-26-23(19-29-32(27(26)34)21-9-5-2-6-10-21)30-15-17-31(18-16-30)25(33)14-12-22-11-13-24(35-22)20-7-3-1-4-8-20/h1-11,13,19H,12,14-18H2. The Balaban J connectivity index is 1.17. The summed E-state index contributed by atoms with van der Waals surface area (Å²) in [6.07, 6.45) is 2.56. The lowest BCUT2D eigenvalue weighted by atomic mass is 10.2. The van der Waals surface area contributed by atoms with Crippen molar-refractivity contribution in [1.29, 1.82) is 0 Å². The van der Waals surface area contributed by atoms with Crippen molar-refractivity contribution >= 4 is 23.2 Å². The molecule has 1 amide bonds. The molecule has 2 aromatic carbocycles. The molecule has 0 spiro atoms. The molecule has 0 unspecified atom stereocenters. The number of carbonyl (C=O) groups excluding carboxylic acids is 1. The summed E-state index contributed by atoms with van der Waals surface area (Å²) in [5.41, 5.74) is 1.92. The highest BCUT2D eigenvalue weighted by molar-refractivity contribution is 6.33. The largest absolute Gasteiger partial charge is 0.461 e. The van der Waals surface area contributed by atoms with Gasteiger partial charge in [-0.2, -0.15) is 9.78 Å². The quantitative estimate of drug-likeness (QED) is 0.401. The van der Waals surface area contributed by atoms with E-state index < -0.39 is 0 Å². The summed E-state index contributed by atoms with van der Waals surface area (Å²) < 4.78 is 7.21. The number of amides is 1. The first-order chi connectivity index (χ1) is 17.1. The van der Waals surface area contributed by atoms with Gasteiger partial charge in [-0.25, -0.2) is 0 Å². The third kappa shape index (κ3) is 5.00. The Kier molecular flexibility index (Phi) is 6.68. The molecule has 1 fully saturated rings. The van der Waals surface area contributed by atoms with Crippen molar-refractivity contribution in [3.8, 4) is 17.0 Å². The lowest BCUT2D eigenvalue weighted by molar-refractivity contribution is -0.131. The SMILES string of the molecule is O=C(CCc1ccc(-c2ccccc2)o1)N1CCN(c2cnn(-c3ccccc3)c(=O)c2Cl)CC1. The smallest absolute Gasteiger partial charge is 0.292 e. The number of rotatable bonds is 6. The minimum atomic E-state index is -0.359. The predicted molar refractivity (Wildman–Crippen MR) is 136 cm³/mol. The number of hydrogen-bond donors (Lipinski definition) is 0. The summed E-state index contributed by atoms with van der Waals surface area (Å²) in [6.45, 7) is 2.29. The second kappa shape index (κ2) is 10.2. The third-order valence-electron chi connectivity index (χ3n) is 6.18. The van der Waals surface area contributed by atoms with Gasteiger partial charge in [0.25, 0.3) is 5.56 Å². The van der Waals surface area contributed by atoms with E-state index in [-0.39, 0.29) is 16.5 Å². The Bertz CT molecular complexity index is 1360. The van der Waals surface area contributed by atoms with E-state index in [1.807, 2.05) is 70.5 Å². The Labute approximate surface area is 208 Å². The maximum atomic E-state index is 12.8. The fraction of sp³-hybridized carbons (Fsp3) is 0.222. The van der Waals surface area contributed by atoms with Gasteiger partial charge in [0.15, 0.2) is 0 Å². The van der Waals surface area contributed by atoms with Crippen LogP contribution in [0.2, 0.25) is 5.02 Å². The predicted octanol–water partition coefficient (Wildman–Crippen LogP) is 4.43. The van der Waals surface area contributed by atoms with Crippen LogP contribution in [0.25, 0.3) is 17.0 Å². The first kappa shape index (κ1) is 22.9. The summed E-state index contributed by atoms with van der Waals surface area (Å²) in [5.74, 6) is 1.69. The van der Waals surface area contributed by atoms with Crippen LogP contribution in [0.15, 0.2) is 88.2 Å². The number of carbonyl (C=O) groups is 1. The molecule has 0 aliphatic carbocycles. The molecule has 5 rings (SSSR count). The van der Waals surface area contributed by atoms with Crippen molar-refractivity contribution in [1.82, 2.24) is 14.7 Å². The van der Waals surface area contributed by atoms with Crippen LogP contribution in [-0.4, -0.2) is 46.8 Å². The zero-order valence-electron chi connectivity index (χ0n) is 19.1. The van der Waals surface area contributed by atoms with Crippen molar-refractivity contribution in [2.24, 2.45) is 0 Å². The molecule has 0 radical (unpaired) electrons. The van der Waals surface area contributed by atoms with E-state index in [1.165, 1.54) is 4.68 Å². The molecule has 2 aromatic heterocycles. The Morgan fingerprint density at radius 1 is 0.914 bits per heavy atom. The molecule has 7 nitrogen and oxygen atoms in total. The monoisotopic (exact) mass is 488 g/mol. The van der Waals surface area contributed by atoms with Gasteiger partial charge in [-0.05, 0) is 24.3 Å². The number of benzene rings is 2. The van der Waals surface area contributed by atoms with Gasteiger partial charge in [-0.3, -0.25) is 9.59 Å². The summed E-state index contributed by atoms with van der Waals surface area (Å²) in [7, 11) is 0. The van der Waals surface area contributed by atoms with Crippen molar-refractivity contribution in [3.05, 3.63) is 100 Å². The zero-order chi connectivity index (χ0) is 24.2. The molecular weight excluding hydrogens is 464 g/mol. The zero-order valence-corrected chi connectivity index (χ0v) is 19.9. The molecule has 3 heterocycles. The van der Waals surface area contributed by atoms with Gasteiger partial charge in [0, 0.05) is 44.6 Å². The van der Waals surface area contributed by atoms with Gasteiger partial charge in [0.05, 0.1) is 17.6 Å². The number of halogens is 1. The molecule has 0 bridgehead atoms. The molecule has 35 heavy (non-hydrogen) atoms. The van der Waals surface area contributed by atoms with Crippen LogP contribution in [-0.2, 0) is 11.2 Å². The highest BCUT2D eigenvalue weighted by Gasteiger charge is 2.24. The Morgan fingerprint density at radius 3 is 2.31 bits per heavy atom. The average Bonchev–Trinajstić information content (AvgIpc) is 3.39. The van der Waals surface area contributed by atoms with Crippen LogP contribution in [0.4, 0.5) is 5.69 Å². The summed E-state index contributed by atoms with van der Waals surface area (Å²) >= 11 is 6.44. The topological polar surface area (TPSA) is 71.6 Å². The van der Waals surface area contributed by atoms with Crippen LogP contribution in [0, 0.1) is 0 Å². The van der Waals surface area contributed by atoms with Gasteiger partial charge in [-0.1, -0.05) is 60.1 Å². The average molecular weight is 489 g/mol. The van der Waals surface area contributed by atoms with E-state index in [9.17, 15) is 9.59 Å². The summed E-state index contributed by atoms with van der Waals surface area (Å²) in [4.78, 5) is 29.4. The first-order valence-electron chi connectivity index (χ1n) is 11.6. The molecule has 8 heteroatoms. The maximum Gasteiger partial charge on any atom is 0.292 e. The molecule has 0 saturated carbocycles. The maximum absolute atomic E-state index is 12.8. The van der Waals surface area contributed by atoms with E-state index >= 15 is 0 Å². The highest BCUT2D eigenvalue weighted by atomic mass is 35.5. The van der Waals surface area contributed by atoms with E-state index in [2.05, 4.69) is 5.10 Å². The van der Waals surface area contributed by atoms with Crippen molar-refractivity contribution in [3.63, 3.8) is 0 Å². The second-order valence-corrected chi connectivity index (χ2v) is 8.77. The molecule has 4 aromatic rings. The number of para-hydroxylation sites is 1. The Hall–Kier alpha value is -3.84. The fourth-order valence-corrected chi connectivity index (χ4v) is 4.50. The van der Waals surface area contributed by atoms with Crippen LogP contribution < -0.4 is 10.5 Å². The number of piperazine rings is 1. The van der Waals surface area contributed by atoms with Crippen LogP contribution >= 0.6 is 11.6 Å². The number of furan rings is 1. The van der Waals surface area contributed by atoms with Crippen molar-refractivity contribution < 1.29 is 9.21 Å². The number of anilines is 1. The third-order valence-corrected chi connectivity index (χ3v) is 6.53. The van der Waals surface area contributed by atoms with E-state index in [0.29, 0.717) is 50.4 Å². The van der Waals surface area contributed by atoms with Gasteiger partial charge in [-0.15, -0.1) is 0 Å². The number of aromatic nitrogens is 2. The number of aryl methyl sites for hydroxylation is 1. The molecule has 1 aliphatic heterocycles. The summed E-state index contributed by atoms with van der Waals surface area (Å²) in [6, 6.07) is 23.0. The number of nitrogens with zero attached hydrogens (tertiary/aromatic N) is 4. The Morgan fingerprint density at radius 2 is 1.60 bits per heavy atom. The van der Waals surface area contributed by atoms with Gasteiger partial charge in [0.2, 0.25) is 5.91 Å². The van der Waals surface area contributed by atoms with Gasteiger partial charge in [0.1, 0.15) is 16.5 Å². The molecule has 1 saturated heterocycles. The normalized spacial score (nSPS) is 13.7.